The largest absolute Gasteiger partial charge is 3.00 e. The second kappa shape index (κ2) is 17.6. The van der Waals surface area contributed by atoms with Crippen LogP contribution >= 0.6 is 0 Å². The topological polar surface area (TPSA) is 363 Å². The van der Waals surface area contributed by atoms with Crippen LogP contribution in [0.5, 0.6) is 11.5 Å². The Kier molecular flexibility index (Phi) is 13.3. The van der Waals surface area contributed by atoms with Crippen molar-refractivity contribution in [1.82, 2.24) is 19.6 Å². The van der Waals surface area contributed by atoms with E-state index >= 15 is 0 Å². The van der Waals surface area contributed by atoms with Gasteiger partial charge in [0, 0.05) is 24.3 Å². The predicted molar refractivity (Wildman–Crippen MR) is 198 cm³/mol. The third-order valence-corrected chi connectivity index (χ3v) is 9.39. The van der Waals surface area contributed by atoms with Gasteiger partial charge in [-0.1, -0.05) is 42.1 Å². The Morgan fingerprint density at radius 1 is 0.627 bits per heavy atom. The summed E-state index contributed by atoms with van der Waals surface area (Å²) < 4.78 is 66.0. The fourth-order valence-electron chi connectivity index (χ4n) is 4.94. The molecule has 0 bridgehead atoms. The van der Waals surface area contributed by atoms with Crippen molar-refractivity contribution in [3.63, 3.8) is 0 Å². The molecule has 6 rings (SSSR count). The Balaban J connectivity index is 0.000000256. The van der Waals surface area contributed by atoms with Gasteiger partial charge in [-0.2, -0.15) is 21.9 Å². The number of aromatic hydroxyl groups is 1. The van der Waals surface area contributed by atoms with Crippen LogP contribution in [0.2, 0.25) is 0 Å². The summed E-state index contributed by atoms with van der Waals surface area (Å²) >= 11 is 0. The minimum Gasteiger partial charge on any atom is -0.870 e. The van der Waals surface area contributed by atoms with Crippen molar-refractivity contribution in [3.05, 3.63) is 137 Å². The van der Waals surface area contributed by atoms with Crippen molar-refractivity contribution in [2.75, 3.05) is 0 Å². The van der Waals surface area contributed by atoms with Gasteiger partial charge in [0.25, 0.3) is 42.7 Å². The van der Waals surface area contributed by atoms with Gasteiger partial charge in [0.2, 0.25) is 0 Å². The van der Waals surface area contributed by atoms with Crippen molar-refractivity contribution < 1.29 is 63.4 Å². The Bertz CT molecular complexity index is 2800. The molecule has 2 heterocycles. The van der Waals surface area contributed by atoms with Crippen LogP contribution in [-0.4, -0.2) is 60.5 Å². The van der Waals surface area contributed by atoms with E-state index in [2.05, 4.69) is 30.7 Å². The third-order valence-electron chi connectivity index (χ3n) is 7.66. The van der Waals surface area contributed by atoms with Gasteiger partial charge in [0.1, 0.15) is 10.6 Å². The van der Waals surface area contributed by atoms with Crippen LogP contribution in [0.3, 0.4) is 0 Å². The summed E-state index contributed by atoms with van der Waals surface area (Å²) in [5.74, 6) is -2.34. The van der Waals surface area contributed by atoms with Gasteiger partial charge in [-0.15, -0.1) is 15.3 Å². The van der Waals surface area contributed by atoms with Gasteiger partial charge < -0.3 is 10.2 Å². The number of hydrogen-bond donors (Lipinski definition) is 5. The number of benzene rings is 4. The standard InChI is InChI=1S/2C16H13N5O7S.Cr/c2*1-9-14(16(23)20(19-9)10-5-3-2-4-6-10)18-17-12-7-11(21(24)25)8-13(15(12)22)29(26,27)28;/h2*2-8,19,22H,1H3,(H,26,27,28);/q;;+3/p-1. The second-order valence-corrected chi connectivity index (χ2v) is 14.4. The van der Waals surface area contributed by atoms with E-state index in [4.69, 9.17) is 9.11 Å². The number of phenols is 1. The van der Waals surface area contributed by atoms with Gasteiger partial charge in [0.05, 0.1) is 43.2 Å². The molecular weight excluding hydrogens is 865 g/mol. The first-order valence-electron chi connectivity index (χ1n) is 15.7. The van der Waals surface area contributed by atoms with Gasteiger partial charge >= 0.3 is 17.4 Å². The molecule has 27 heteroatoms. The maximum absolute atomic E-state index is 12.6. The van der Waals surface area contributed by atoms with Crippen LogP contribution < -0.4 is 16.2 Å². The third kappa shape index (κ3) is 9.88. The molecule has 2 aromatic heterocycles. The number of nitrogens with zero attached hydrogens (tertiary/aromatic N) is 8. The second-order valence-electron chi connectivity index (χ2n) is 11.6. The number of nitro groups is 2. The molecule has 4 aromatic carbocycles. The minimum absolute atomic E-state index is 0. The normalized spacial score (nSPS) is 11.6. The predicted octanol–water partition coefficient (Wildman–Crippen LogP) is 4.87. The molecule has 0 aliphatic rings. The van der Waals surface area contributed by atoms with Gasteiger partial charge in [-0.05, 0) is 38.1 Å². The number of nitrogens with one attached hydrogen (secondary N) is 2. The number of hydrogen-bond acceptors (Lipinski definition) is 16. The average Bonchev–Trinajstić information content (AvgIpc) is 3.61. The molecule has 0 spiro atoms. The molecule has 1 radical (unpaired) electrons. The molecule has 0 atom stereocenters. The van der Waals surface area contributed by atoms with E-state index in [-0.39, 0.29) is 34.4 Å². The summed E-state index contributed by atoms with van der Waals surface area (Å²) in [5, 5.41) is 64.3. The number of aromatic amines is 2. The SMILES string of the molecule is Cc1[nH]n(-c2ccccc2)c(=O)c1N=Nc1cc([N+](=O)[O-])cc(S(=O)(=O)O)c1O.Cc1[nH]n(-c2ccccc2)c(=O)c1N=Nc1cc([N+](=O)[O-])cc(S(=O)(=O)O)c1[O-].[Cr+3]. The zero-order chi connectivity index (χ0) is 42.7. The Morgan fingerprint density at radius 3 is 1.39 bits per heavy atom. The van der Waals surface area contributed by atoms with Gasteiger partial charge in [0.15, 0.2) is 17.1 Å². The van der Waals surface area contributed by atoms with E-state index < -0.39 is 85.2 Å². The molecule has 0 amide bonds. The van der Waals surface area contributed by atoms with Crippen LogP contribution in [0.25, 0.3) is 11.4 Å². The van der Waals surface area contributed by atoms with Crippen molar-refractivity contribution >= 4 is 54.4 Å². The molecule has 24 nitrogen and oxygen atoms in total. The molecule has 0 unspecified atom stereocenters. The monoisotopic (exact) mass is 889 g/mol. The summed E-state index contributed by atoms with van der Waals surface area (Å²) in [6.07, 6.45) is 0. The Labute approximate surface area is 340 Å². The number of rotatable bonds is 10. The number of nitro benzene ring substituents is 2. The quantitative estimate of drug-likeness (QED) is 0.0531. The van der Waals surface area contributed by atoms with Crippen molar-refractivity contribution in [3.8, 4) is 22.9 Å². The van der Waals surface area contributed by atoms with Crippen LogP contribution in [-0.2, 0) is 37.6 Å². The number of para-hydroxylation sites is 2. The van der Waals surface area contributed by atoms with Crippen LogP contribution in [0.4, 0.5) is 34.1 Å². The van der Waals surface area contributed by atoms with Crippen molar-refractivity contribution in [2.45, 2.75) is 23.6 Å². The molecule has 303 valence electrons. The Hall–Kier alpha value is -7.15. The van der Waals surface area contributed by atoms with Crippen LogP contribution in [0.15, 0.2) is 125 Å². The first-order chi connectivity index (χ1) is 27.2. The van der Waals surface area contributed by atoms with E-state index in [1.165, 1.54) is 23.2 Å². The first-order valence-corrected chi connectivity index (χ1v) is 18.6. The molecule has 0 aliphatic carbocycles. The van der Waals surface area contributed by atoms with Crippen molar-refractivity contribution in [1.29, 1.82) is 0 Å². The maximum Gasteiger partial charge on any atom is 3.00 e. The Morgan fingerprint density at radius 2 is 1.00 bits per heavy atom. The molecule has 0 saturated heterocycles. The maximum atomic E-state index is 12.6. The van der Waals surface area contributed by atoms with Crippen molar-refractivity contribution in [2.24, 2.45) is 20.5 Å². The van der Waals surface area contributed by atoms with E-state index in [0.717, 1.165) is 6.07 Å². The number of H-pyrrole nitrogens is 2. The summed E-state index contributed by atoms with van der Waals surface area (Å²) in [4.78, 5) is 42.9. The molecular formula is C32H25CrN10O14S2+2. The number of non-ortho nitro benzene ring substituents is 2. The number of aryl methyl sites for hydroxylation is 2. The molecule has 6 aromatic rings. The first kappa shape index (κ1) is 44.6. The molecule has 0 aliphatic heterocycles. The fraction of sp³-hybridized carbons (Fsp3) is 0.0625. The number of aromatic nitrogens is 4. The molecule has 59 heavy (non-hydrogen) atoms. The van der Waals surface area contributed by atoms with E-state index in [9.17, 15) is 56.9 Å². The molecule has 0 saturated carbocycles. The number of phenolic OH excluding ortho intramolecular Hbond substituents is 1. The summed E-state index contributed by atoms with van der Waals surface area (Å²) in [6.45, 7) is 3.05. The van der Waals surface area contributed by atoms with E-state index in [0.29, 0.717) is 35.3 Å². The fourth-order valence-corrected chi connectivity index (χ4v) is 6.17. The minimum atomic E-state index is -5.03. The van der Waals surface area contributed by atoms with E-state index in [1.807, 2.05) is 0 Å². The summed E-state index contributed by atoms with van der Waals surface area (Å²) in [7, 11) is -10.0. The van der Waals surface area contributed by atoms with E-state index in [1.54, 1.807) is 60.7 Å². The van der Waals surface area contributed by atoms with Gasteiger partial charge in [-0.3, -0.25) is 49.1 Å². The zero-order valence-electron chi connectivity index (χ0n) is 29.7. The van der Waals surface area contributed by atoms with Gasteiger partial charge in [-0.25, -0.2) is 9.36 Å². The zero-order valence-corrected chi connectivity index (χ0v) is 32.6. The average molecular weight is 890 g/mol. The summed E-state index contributed by atoms with van der Waals surface area (Å²) in [5.41, 5.74) is -2.79. The molecule has 0 fully saturated rings. The number of azo groups is 2. The smallest absolute Gasteiger partial charge is 0.870 e. The van der Waals surface area contributed by atoms with Crippen LogP contribution in [0.1, 0.15) is 11.4 Å². The van der Waals surface area contributed by atoms with Crippen LogP contribution in [0, 0.1) is 34.1 Å². The summed E-state index contributed by atoms with van der Waals surface area (Å²) in [6, 6.07) is 19.4. The molecule has 5 N–H and O–H groups in total.